The quantitative estimate of drug-likeness (QED) is 0.372. The van der Waals surface area contributed by atoms with E-state index >= 15 is 0 Å². The number of aryl methyl sites for hydroxylation is 1. The van der Waals surface area contributed by atoms with E-state index in [2.05, 4.69) is 67.0 Å². The van der Waals surface area contributed by atoms with Gasteiger partial charge in [0, 0.05) is 58.4 Å². The van der Waals surface area contributed by atoms with Crippen LogP contribution < -0.4 is 5.32 Å². The van der Waals surface area contributed by atoms with Crippen LogP contribution >= 0.6 is 0 Å². The molecule has 1 fully saturated rings. The van der Waals surface area contributed by atoms with Crippen LogP contribution in [0.4, 0.5) is 0 Å². The molecule has 0 saturated carbocycles. The van der Waals surface area contributed by atoms with Crippen molar-refractivity contribution in [3.8, 4) is 0 Å². The van der Waals surface area contributed by atoms with E-state index in [0.717, 1.165) is 76.1 Å². The molecule has 3 aromatic rings. The van der Waals surface area contributed by atoms with Crippen molar-refractivity contribution in [1.82, 2.24) is 29.7 Å². The highest BCUT2D eigenvalue weighted by Crippen LogP contribution is 2.09. The predicted octanol–water partition coefficient (Wildman–Crippen LogP) is 2.45. The first-order valence-electron chi connectivity index (χ1n) is 10.9. The number of hydrogen-bond acceptors (Lipinski definition) is 4. The zero-order chi connectivity index (χ0) is 20.6. The minimum Gasteiger partial charge on any atom is -0.357 e. The number of nitrogens with zero attached hydrogens (tertiary/aromatic N) is 6. The van der Waals surface area contributed by atoms with E-state index in [1.807, 2.05) is 24.4 Å². The Morgan fingerprint density at radius 2 is 1.80 bits per heavy atom. The second-order valence-electron chi connectivity index (χ2n) is 7.63. The molecule has 7 heteroatoms. The summed E-state index contributed by atoms with van der Waals surface area (Å²) in [5.41, 5.74) is 2.28. The monoisotopic (exact) mass is 405 g/mol. The molecule has 1 aromatic carbocycles. The summed E-state index contributed by atoms with van der Waals surface area (Å²) >= 11 is 0. The van der Waals surface area contributed by atoms with Crippen LogP contribution in [-0.4, -0.2) is 69.6 Å². The summed E-state index contributed by atoms with van der Waals surface area (Å²) in [6, 6.07) is 16.7. The van der Waals surface area contributed by atoms with Crippen molar-refractivity contribution in [3.05, 3.63) is 66.1 Å². The number of fused-ring (bicyclic) bond motifs is 1. The number of pyridine rings is 1. The van der Waals surface area contributed by atoms with Crippen LogP contribution in [0, 0.1) is 0 Å². The maximum atomic E-state index is 4.88. The molecule has 3 heterocycles. The van der Waals surface area contributed by atoms with E-state index in [-0.39, 0.29) is 0 Å². The van der Waals surface area contributed by atoms with Crippen LogP contribution in [0.25, 0.3) is 5.65 Å². The van der Waals surface area contributed by atoms with E-state index in [0.29, 0.717) is 0 Å². The first-order chi connectivity index (χ1) is 14.8. The summed E-state index contributed by atoms with van der Waals surface area (Å²) < 4.78 is 2.06. The van der Waals surface area contributed by atoms with Gasteiger partial charge in [0.2, 0.25) is 0 Å². The molecule has 0 radical (unpaired) electrons. The molecule has 7 nitrogen and oxygen atoms in total. The van der Waals surface area contributed by atoms with Gasteiger partial charge >= 0.3 is 0 Å². The Bertz CT molecular complexity index is 942. The van der Waals surface area contributed by atoms with Gasteiger partial charge in [-0.05, 0) is 31.0 Å². The SMILES string of the molecule is CCNC(=NCCCc1nnc2ccccn12)N1CCN(Cc2ccccc2)CC1. The largest absolute Gasteiger partial charge is 0.357 e. The van der Waals surface area contributed by atoms with Gasteiger partial charge in [0.25, 0.3) is 0 Å². The molecule has 1 aliphatic rings. The average Bonchev–Trinajstić information content (AvgIpc) is 3.20. The summed E-state index contributed by atoms with van der Waals surface area (Å²) in [6.45, 7) is 8.96. The number of piperazine rings is 1. The third-order valence-electron chi connectivity index (χ3n) is 5.46. The average molecular weight is 406 g/mol. The molecule has 30 heavy (non-hydrogen) atoms. The lowest BCUT2D eigenvalue weighted by Gasteiger charge is -2.36. The van der Waals surface area contributed by atoms with E-state index in [1.54, 1.807) is 0 Å². The Morgan fingerprint density at radius 1 is 1.00 bits per heavy atom. The van der Waals surface area contributed by atoms with E-state index in [4.69, 9.17) is 4.99 Å². The number of rotatable bonds is 7. The predicted molar refractivity (Wildman–Crippen MR) is 121 cm³/mol. The third-order valence-corrected chi connectivity index (χ3v) is 5.46. The molecule has 0 spiro atoms. The van der Waals surface area contributed by atoms with Crippen LogP contribution in [0.1, 0.15) is 24.7 Å². The summed E-state index contributed by atoms with van der Waals surface area (Å²) in [7, 11) is 0. The van der Waals surface area contributed by atoms with E-state index in [1.165, 1.54) is 5.56 Å². The van der Waals surface area contributed by atoms with Gasteiger partial charge in [-0.1, -0.05) is 36.4 Å². The van der Waals surface area contributed by atoms with Crippen LogP contribution in [0.5, 0.6) is 0 Å². The summed E-state index contributed by atoms with van der Waals surface area (Å²) in [6.07, 6.45) is 3.85. The highest BCUT2D eigenvalue weighted by Gasteiger charge is 2.19. The van der Waals surface area contributed by atoms with Crippen molar-refractivity contribution in [3.63, 3.8) is 0 Å². The highest BCUT2D eigenvalue weighted by atomic mass is 15.3. The normalized spacial score (nSPS) is 15.6. The fraction of sp³-hybridized carbons (Fsp3) is 0.435. The number of hydrogen-bond donors (Lipinski definition) is 1. The third kappa shape index (κ3) is 5.16. The zero-order valence-electron chi connectivity index (χ0n) is 17.7. The number of nitrogens with one attached hydrogen (secondary N) is 1. The highest BCUT2D eigenvalue weighted by molar-refractivity contribution is 5.80. The van der Waals surface area contributed by atoms with Crippen molar-refractivity contribution in [2.24, 2.45) is 4.99 Å². The van der Waals surface area contributed by atoms with Crippen LogP contribution in [-0.2, 0) is 13.0 Å². The van der Waals surface area contributed by atoms with E-state index in [9.17, 15) is 0 Å². The van der Waals surface area contributed by atoms with Gasteiger partial charge in [-0.3, -0.25) is 14.3 Å². The number of aliphatic imine (C=N–C) groups is 1. The number of benzene rings is 1. The topological polar surface area (TPSA) is 61.1 Å². The molecule has 1 N–H and O–H groups in total. The number of guanidine groups is 1. The van der Waals surface area contributed by atoms with Crippen molar-refractivity contribution in [1.29, 1.82) is 0 Å². The molecule has 0 amide bonds. The Labute approximate surface area is 178 Å². The summed E-state index contributed by atoms with van der Waals surface area (Å²) in [5, 5.41) is 12.0. The Balaban J connectivity index is 1.27. The molecule has 0 aliphatic carbocycles. The molecule has 1 aliphatic heterocycles. The maximum Gasteiger partial charge on any atom is 0.194 e. The van der Waals surface area contributed by atoms with Crippen molar-refractivity contribution in [2.45, 2.75) is 26.3 Å². The number of aromatic nitrogens is 3. The van der Waals surface area contributed by atoms with Crippen LogP contribution in [0.2, 0.25) is 0 Å². The Morgan fingerprint density at radius 3 is 2.60 bits per heavy atom. The van der Waals surface area contributed by atoms with Gasteiger partial charge in [-0.15, -0.1) is 10.2 Å². The van der Waals surface area contributed by atoms with Crippen LogP contribution in [0.3, 0.4) is 0 Å². The molecule has 0 atom stereocenters. The maximum absolute atomic E-state index is 4.88. The van der Waals surface area contributed by atoms with Gasteiger partial charge in [0.05, 0.1) is 0 Å². The minimum atomic E-state index is 0.786. The zero-order valence-corrected chi connectivity index (χ0v) is 17.7. The van der Waals surface area contributed by atoms with Crippen molar-refractivity contribution < 1.29 is 0 Å². The van der Waals surface area contributed by atoms with Gasteiger partial charge in [-0.25, -0.2) is 0 Å². The summed E-state index contributed by atoms with van der Waals surface area (Å²) in [5.74, 6) is 2.03. The van der Waals surface area contributed by atoms with Crippen molar-refractivity contribution >= 4 is 11.6 Å². The molecule has 1 saturated heterocycles. The molecular formula is C23H31N7. The molecule has 158 valence electrons. The fourth-order valence-electron chi connectivity index (χ4n) is 3.87. The lowest BCUT2D eigenvalue weighted by molar-refractivity contribution is 0.172. The second-order valence-corrected chi connectivity index (χ2v) is 7.63. The standard InChI is InChI=1S/C23H31N7/c1-2-24-23(25-13-8-12-22-27-26-21-11-6-7-14-30(21)22)29-17-15-28(16-18-29)19-20-9-4-3-5-10-20/h3-7,9-11,14H,2,8,12-13,15-19H2,1H3,(H,24,25). The van der Waals surface area contributed by atoms with Crippen molar-refractivity contribution in [2.75, 3.05) is 39.3 Å². The summed E-state index contributed by atoms with van der Waals surface area (Å²) in [4.78, 5) is 9.79. The van der Waals surface area contributed by atoms with Gasteiger partial charge < -0.3 is 10.2 Å². The van der Waals surface area contributed by atoms with Gasteiger partial charge in [-0.2, -0.15) is 0 Å². The van der Waals surface area contributed by atoms with Gasteiger partial charge in [0.15, 0.2) is 11.6 Å². The lowest BCUT2D eigenvalue weighted by atomic mass is 10.2. The second kappa shape index (κ2) is 10.2. The Hall–Kier alpha value is -2.93. The first-order valence-corrected chi connectivity index (χ1v) is 10.9. The molecule has 4 rings (SSSR count). The first kappa shape index (κ1) is 20.3. The minimum absolute atomic E-state index is 0.786. The molecule has 2 aromatic heterocycles. The molecular weight excluding hydrogens is 374 g/mol. The smallest absolute Gasteiger partial charge is 0.194 e. The van der Waals surface area contributed by atoms with E-state index < -0.39 is 0 Å². The Kier molecular flexibility index (Phi) is 6.92. The lowest BCUT2D eigenvalue weighted by Crippen LogP contribution is -2.52. The van der Waals surface area contributed by atoms with Crippen LogP contribution in [0.15, 0.2) is 59.7 Å². The molecule has 0 bridgehead atoms. The molecule has 0 unspecified atom stereocenters. The fourth-order valence-corrected chi connectivity index (χ4v) is 3.87. The van der Waals surface area contributed by atoms with Gasteiger partial charge in [0.1, 0.15) is 5.82 Å².